The van der Waals surface area contributed by atoms with Crippen LogP contribution in [0.25, 0.3) is 0 Å². The Bertz CT molecular complexity index is 419. The lowest BCUT2D eigenvalue weighted by Crippen LogP contribution is -2.39. The van der Waals surface area contributed by atoms with Crippen molar-refractivity contribution in [1.82, 2.24) is 10.2 Å². The molecular weight excluding hydrogens is 264 g/mol. The molecule has 2 atom stereocenters. The molecule has 0 aromatic heterocycles. The van der Waals surface area contributed by atoms with Gasteiger partial charge in [-0.3, -0.25) is 4.90 Å². The summed E-state index contributed by atoms with van der Waals surface area (Å²) in [4.78, 5) is 2.41. The molecule has 1 aromatic carbocycles. The molecule has 4 nitrogen and oxygen atoms in total. The largest absolute Gasteiger partial charge is 0.496 e. The number of nitrogens with one attached hydrogen (secondary N) is 1. The van der Waals surface area contributed by atoms with Crippen molar-refractivity contribution in [2.45, 2.75) is 31.8 Å². The summed E-state index contributed by atoms with van der Waals surface area (Å²) in [5.41, 5.74) is 1.24. The van der Waals surface area contributed by atoms with Crippen LogP contribution in [0.1, 0.15) is 31.4 Å². The van der Waals surface area contributed by atoms with E-state index in [1.54, 1.807) is 7.11 Å². The van der Waals surface area contributed by atoms with Crippen molar-refractivity contribution in [1.29, 1.82) is 0 Å². The second kappa shape index (κ2) is 8.37. The number of hydrogen-bond donors (Lipinski definition) is 1. The second-order valence-electron chi connectivity index (χ2n) is 5.71. The summed E-state index contributed by atoms with van der Waals surface area (Å²) in [6.07, 6.45) is 2.25. The first-order valence-electron chi connectivity index (χ1n) is 7.90. The van der Waals surface area contributed by atoms with E-state index in [1.807, 2.05) is 12.1 Å². The fourth-order valence-corrected chi connectivity index (χ4v) is 2.85. The van der Waals surface area contributed by atoms with E-state index in [2.05, 4.69) is 36.3 Å². The topological polar surface area (TPSA) is 33.7 Å². The quantitative estimate of drug-likeness (QED) is 0.798. The molecule has 118 valence electrons. The van der Waals surface area contributed by atoms with Gasteiger partial charge in [-0.25, -0.2) is 0 Å². The lowest BCUT2D eigenvalue weighted by molar-refractivity contribution is 0.152. The first kappa shape index (κ1) is 16.3. The minimum absolute atomic E-state index is 0.284. The number of likely N-dealkylation sites (N-methyl/N-ethyl adjacent to an activating group) is 1. The third-order valence-electron chi connectivity index (χ3n) is 4.15. The first-order valence-corrected chi connectivity index (χ1v) is 7.90. The maximum atomic E-state index is 5.53. The van der Waals surface area contributed by atoms with Gasteiger partial charge in [-0.15, -0.1) is 0 Å². The smallest absolute Gasteiger partial charge is 0.123 e. The number of para-hydroxylation sites is 1. The zero-order valence-electron chi connectivity index (χ0n) is 13.5. The SMILES string of the molecule is CCCNC(CN(C)C1CCOC1)c1ccccc1OC. The first-order chi connectivity index (χ1) is 10.3. The molecule has 4 heteroatoms. The Morgan fingerprint density at radius 3 is 2.90 bits per heavy atom. The van der Waals surface area contributed by atoms with E-state index in [0.717, 1.165) is 44.9 Å². The van der Waals surface area contributed by atoms with Gasteiger partial charge in [-0.1, -0.05) is 25.1 Å². The Balaban J connectivity index is 2.09. The molecule has 0 saturated carbocycles. The molecule has 21 heavy (non-hydrogen) atoms. The van der Waals surface area contributed by atoms with Crippen LogP contribution in [-0.4, -0.2) is 51.4 Å². The number of benzene rings is 1. The summed E-state index contributed by atoms with van der Waals surface area (Å²) in [6.45, 7) is 5.91. The van der Waals surface area contributed by atoms with Crippen LogP contribution in [0.2, 0.25) is 0 Å². The van der Waals surface area contributed by atoms with E-state index in [1.165, 1.54) is 5.56 Å². The average molecular weight is 292 g/mol. The highest BCUT2D eigenvalue weighted by atomic mass is 16.5. The zero-order chi connectivity index (χ0) is 15.1. The molecule has 1 aromatic rings. The van der Waals surface area contributed by atoms with E-state index in [9.17, 15) is 0 Å². The summed E-state index contributed by atoms with van der Waals surface area (Å²) >= 11 is 0. The molecule has 0 spiro atoms. The molecule has 1 saturated heterocycles. The summed E-state index contributed by atoms with van der Waals surface area (Å²) < 4.78 is 11.0. The Kier molecular flexibility index (Phi) is 6.49. The summed E-state index contributed by atoms with van der Waals surface area (Å²) in [6, 6.07) is 9.11. The monoisotopic (exact) mass is 292 g/mol. The molecule has 0 amide bonds. The van der Waals surface area contributed by atoms with Crippen LogP contribution in [0.3, 0.4) is 0 Å². The number of methoxy groups -OCH3 is 1. The van der Waals surface area contributed by atoms with Crippen molar-refractivity contribution in [2.75, 3.05) is 40.5 Å². The fourth-order valence-electron chi connectivity index (χ4n) is 2.85. The van der Waals surface area contributed by atoms with E-state index in [-0.39, 0.29) is 6.04 Å². The maximum absolute atomic E-state index is 5.53. The van der Waals surface area contributed by atoms with Crippen molar-refractivity contribution in [3.05, 3.63) is 29.8 Å². The van der Waals surface area contributed by atoms with Crippen LogP contribution in [0.15, 0.2) is 24.3 Å². The number of rotatable bonds is 8. The number of nitrogens with zero attached hydrogens (tertiary/aromatic N) is 1. The van der Waals surface area contributed by atoms with Gasteiger partial charge in [-0.2, -0.15) is 0 Å². The molecule has 1 heterocycles. The van der Waals surface area contributed by atoms with E-state index >= 15 is 0 Å². The van der Waals surface area contributed by atoms with Crippen LogP contribution in [-0.2, 0) is 4.74 Å². The van der Waals surface area contributed by atoms with Gasteiger partial charge in [0, 0.05) is 30.8 Å². The molecule has 0 bridgehead atoms. The second-order valence-corrected chi connectivity index (χ2v) is 5.71. The number of hydrogen-bond acceptors (Lipinski definition) is 4. The number of ether oxygens (including phenoxy) is 2. The zero-order valence-corrected chi connectivity index (χ0v) is 13.5. The molecule has 0 radical (unpaired) electrons. The van der Waals surface area contributed by atoms with E-state index in [4.69, 9.17) is 9.47 Å². The average Bonchev–Trinajstić information content (AvgIpc) is 3.05. The minimum atomic E-state index is 0.284. The molecule has 0 aliphatic carbocycles. The molecular formula is C17H28N2O2. The Labute approximate surface area is 128 Å². The minimum Gasteiger partial charge on any atom is -0.496 e. The van der Waals surface area contributed by atoms with Crippen molar-refractivity contribution in [2.24, 2.45) is 0 Å². The third-order valence-corrected chi connectivity index (χ3v) is 4.15. The third kappa shape index (κ3) is 4.43. The predicted octanol–water partition coefficient (Wildman–Crippen LogP) is 2.46. The molecule has 1 fully saturated rings. The van der Waals surface area contributed by atoms with Crippen LogP contribution < -0.4 is 10.1 Å². The Hall–Kier alpha value is -1.10. The highest BCUT2D eigenvalue weighted by Crippen LogP contribution is 2.26. The lowest BCUT2D eigenvalue weighted by Gasteiger charge is -2.29. The van der Waals surface area contributed by atoms with Crippen molar-refractivity contribution >= 4 is 0 Å². The highest BCUT2D eigenvalue weighted by molar-refractivity contribution is 5.36. The normalized spacial score (nSPS) is 19.9. The van der Waals surface area contributed by atoms with Crippen LogP contribution in [0.4, 0.5) is 0 Å². The van der Waals surface area contributed by atoms with Crippen LogP contribution in [0.5, 0.6) is 5.75 Å². The van der Waals surface area contributed by atoms with Crippen LogP contribution >= 0.6 is 0 Å². The Morgan fingerprint density at radius 2 is 2.24 bits per heavy atom. The molecule has 2 rings (SSSR count). The highest BCUT2D eigenvalue weighted by Gasteiger charge is 2.24. The molecule has 1 N–H and O–H groups in total. The van der Waals surface area contributed by atoms with Crippen LogP contribution in [0, 0.1) is 0 Å². The van der Waals surface area contributed by atoms with Gasteiger partial charge in [0.2, 0.25) is 0 Å². The molecule has 2 unspecified atom stereocenters. The predicted molar refractivity (Wildman–Crippen MR) is 85.9 cm³/mol. The van der Waals surface area contributed by atoms with Crippen molar-refractivity contribution in [3.8, 4) is 5.75 Å². The maximum Gasteiger partial charge on any atom is 0.123 e. The Morgan fingerprint density at radius 1 is 1.43 bits per heavy atom. The van der Waals surface area contributed by atoms with Gasteiger partial charge >= 0.3 is 0 Å². The van der Waals surface area contributed by atoms with E-state index < -0.39 is 0 Å². The van der Waals surface area contributed by atoms with Gasteiger partial charge in [0.05, 0.1) is 13.7 Å². The summed E-state index contributed by atoms with van der Waals surface area (Å²) in [5, 5.41) is 3.65. The van der Waals surface area contributed by atoms with Gasteiger partial charge in [0.1, 0.15) is 5.75 Å². The summed E-state index contributed by atoms with van der Waals surface area (Å²) in [7, 11) is 3.93. The fraction of sp³-hybridized carbons (Fsp3) is 0.647. The molecule has 1 aliphatic heterocycles. The summed E-state index contributed by atoms with van der Waals surface area (Å²) in [5.74, 6) is 0.960. The van der Waals surface area contributed by atoms with Crippen molar-refractivity contribution < 1.29 is 9.47 Å². The van der Waals surface area contributed by atoms with Gasteiger partial charge < -0.3 is 14.8 Å². The van der Waals surface area contributed by atoms with Crippen molar-refractivity contribution in [3.63, 3.8) is 0 Å². The standard InChI is InChI=1S/C17H28N2O2/c1-4-10-18-16(12-19(2)14-9-11-21-13-14)15-7-5-6-8-17(15)20-3/h5-8,14,16,18H,4,9-13H2,1-3H3. The molecule has 1 aliphatic rings. The van der Waals surface area contributed by atoms with Gasteiger partial charge in [0.25, 0.3) is 0 Å². The van der Waals surface area contributed by atoms with Gasteiger partial charge in [0.15, 0.2) is 0 Å². The van der Waals surface area contributed by atoms with E-state index in [0.29, 0.717) is 6.04 Å². The van der Waals surface area contributed by atoms with Gasteiger partial charge in [-0.05, 0) is 32.5 Å². The lowest BCUT2D eigenvalue weighted by atomic mass is 10.0.